The predicted octanol–water partition coefficient (Wildman–Crippen LogP) is 3.28. The normalized spacial score (nSPS) is 15.2. The van der Waals surface area contributed by atoms with Crippen molar-refractivity contribution in [2.24, 2.45) is 7.05 Å². The van der Waals surface area contributed by atoms with Crippen LogP contribution in [0.3, 0.4) is 0 Å². The third kappa shape index (κ3) is 2.90. The zero-order valence-corrected chi connectivity index (χ0v) is 12.0. The monoisotopic (exact) mass is 265 g/mol. The maximum Gasteiger partial charge on any atom is 0.204 e. The fraction of sp³-hybridized carbons (Fsp3) is 0.278. The average Bonchev–Trinajstić information content (AvgIpc) is 3.01. The molecule has 2 heteroatoms. The van der Waals surface area contributed by atoms with E-state index in [1.54, 1.807) is 0 Å². The molecule has 0 unspecified atom stereocenters. The molecule has 1 aliphatic heterocycles. The van der Waals surface area contributed by atoms with Gasteiger partial charge in [-0.05, 0) is 42.7 Å². The Balaban J connectivity index is 1.73. The van der Waals surface area contributed by atoms with Gasteiger partial charge < -0.3 is 4.90 Å². The topological polar surface area (TPSA) is 7.12 Å². The van der Waals surface area contributed by atoms with Crippen molar-refractivity contribution in [3.05, 3.63) is 59.9 Å². The molecular weight excluding hydrogens is 244 g/mol. The highest BCUT2D eigenvalue weighted by Gasteiger charge is 2.11. The minimum atomic E-state index is 1.20. The molecule has 2 nitrogen and oxygen atoms in total. The molecule has 0 spiro atoms. The summed E-state index contributed by atoms with van der Waals surface area (Å²) in [7, 11) is 2.07. The summed E-state index contributed by atoms with van der Waals surface area (Å²) in [5.74, 6) is 0. The molecular formula is C18H21N2+. The van der Waals surface area contributed by atoms with Gasteiger partial charge >= 0.3 is 0 Å². The van der Waals surface area contributed by atoms with Crippen LogP contribution in [0.5, 0.6) is 0 Å². The van der Waals surface area contributed by atoms with Crippen LogP contribution in [0.2, 0.25) is 0 Å². The molecule has 0 saturated carbocycles. The van der Waals surface area contributed by atoms with Gasteiger partial charge in [0.05, 0.1) is 0 Å². The minimum Gasteiger partial charge on any atom is -0.372 e. The van der Waals surface area contributed by atoms with E-state index >= 15 is 0 Å². The quantitative estimate of drug-likeness (QED) is 0.773. The van der Waals surface area contributed by atoms with Gasteiger partial charge in [0.2, 0.25) is 5.69 Å². The lowest BCUT2D eigenvalue weighted by Gasteiger charge is -2.17. The molecule has 1 fully saturated rings. The van der Waals surface area contributed by atoms with E-state index in [9.17, 15) is 0 Å². The Morgan fingerprint density at radius 1 is 0.950 bits per heavy atom. The molecule has 0 N–H and O–H groups in total. The molecule has 20 heavy (non-hydrogen) atoms. The number of nitrogens with zero attached hydrogens (tertiary/aromatic N) is 2. The second-order valence-electron chi connectivity index (χ2n) is 5.36. The molecule has 1 aliphatic rings. The Kier molecular flexibility index (Phi) is 3.82. The number of pyridine rings is 1. The van der Waals surface area contributed by atoms with E-state index in [1.165, 1.54) is 42.9 Å². The van der Waals surface area contributed by atoms with Crippen molar-refractivity contribution >= 4 is 17.8 Å². The number of aryl methyl sites for hydroxylation is 1. The Hall–Kier alpha value is -2.09. The molecule has 0 radical (unpaired) electrons. The smallest absolute Gasteiger partial charge is 0.204 e. The van der Waals surface area contributed by atoms with Crippen LogP contribution in [0.15, 0.2) is 48.7 Å². The van der Waals surface area contributed by atoms with Crippen LogP contribution in [0.4, 0.5) is 5.69 Å². The van der Waals surface area contributed by atoms with E-state index < -0.39 is 0 Å². The van der Waals surface area contributed by atoms with E-state index in [2.05, 4.69) is 71.3 Å². The van der Waals surface area contributed by atoms with E-state index in [-0.39, 0.29) is 0 Å². The van der Waals surface area contributed by atoms with Gasteiger partial charge in [-0.25, -0.2) is 4.57 Å². The first-order valence-electron chi connectivity index (χ1n) is 7.31. The summed E-state index contributed by atoms with van der Waals surface area (Å²) >= 11 is 0. The SMILES string of the molecule is C[n+]1ccccc1C=Cc1ccc(N2CCCC2)cc1. The summed E-state index contributed by atoms with van der Waals surface area (Å²) in [6.45, 7) is 2.41. The lowest BCUT2D eigenvalue weighted by atomic mass is 10.1. The van der Waals surface area contributed by atoms with Crippen LogP contribution in [-0.2, 0) is 7.05 Å². The largest absolute Gasteiger partial charge is 0.372 e. The maximum absolute atomic E-state index is 2.46. The zero-order chi connectivity index (χ0) is 13.8. The second kappa shape index (κ2) is 5.91. The van der Waals surface area contributed by atoms with Crippen molar-refractivity contribution in [2.75, 3.05) is 18.0 Å². The molecule has 0 bridgehead atoms. The predicted molar refractivity (Wildman–Crippen MR) is 84.4 cm³/mol. The van der Waals surface area contributed by atoms with Crippen molar-refractivity contribution < 1.29 is 4.57 Å². The summed E-state index contributed by atoms with van der Waals surface area (Å²) in [6, 6.07) is 15.1. The van der Waals surface area contributed by atoms with Crippen molar-refractivity contribution in [3.63, 3.8) is 0 Å². The average molecular weight is 265 g/mol. The first-order chi connectivity index (χ1) is 9.83. The van der Waals surface area contributed by atoms with E-state index in [1.807, 2.05) is 6.07 Å². The van der Waals surface area contributed by atoms with Gasteiger partial charge in [0.25, 0.3) is 0 Å². The third-order valence-electron chi connectivity index (χ3n) is 3.91. The van der Waals surface area contributed by atoms with Crippen LogP contribution in [0.1, 0.15) is 24.1 Å². The highest BCUT2D eigenvalue weighted by Crippen LogP contribution is 2.20. The molecule has 1 saturated heterocycles. The number of hydrogen-bond acceptors (Lipinski definition) is 1. The van der Waals surface area contributed by atoms with E-state index in [4.69, 9.17) is 0 Å². The molecule has 3 rings (SSSR count). The molecule has 0 aliphatic carbocycles. The fourth-order valence-electron chi connectivity index (χ4n) is 2.66. The summed E-state index contributed by atoms with van der Waals surface area (Å²) in [5, 5.41) is 0. The molecule has 0 amide bonds. The number of rotatable bonds is 3. The van der Waals surface area contributed by atoms with Crippen molar-refractivity contribution in [3.8, 4) is 0 Å². The molecule has 2 aromatic rings. The van der Waals surface area contributed by atoms with Crippen LogP contribution >= 0.6 is 0 Å². The van der Waals surface area contributed by atoms with E-state index in [0.29, 0.717) is 0 Å². The van der Waals surface area contributed by atoms with Crippen molar-refractivity contribution in [2.45, 2.75) is 12.8 Å². The fourth-order valence-corrected chi connectivity index (χ4v) is 2.66. The molecule has 2 heterocycles. The van der Waals surface area contributed by atoms with Gasteiger partial charge in [0.1, 0.15) is 7.05 Å². The Morgan fingerprint density at radius 2 is 1.70 bits per heavy atom. The summed E-state index contributed by atoms with van der Waals surface area (Å²) in [6.07, 6.45) is 9.04. The second-order valence-corrected chi connectivity index (χ2v) is 5.36. The van der Waals surface area contributed by atoms with Gasteiger partial charge in [-0.3, -0.25) is 0 Å². The van der Waals surface area contributed by atoms with Gasteiger partial charge in [0.15, 0.2) is 6.20 Å². The highest BCUT2D eigenvalue weighted by molar-refractivity contribution is 5.68. The number of aromatic nitrogens is 1. The molecule has 1 aromatic carbocycles. The standard InChI is InChI=1S/C18H21N2/c1-19-13-3-2-6-17(19)10-7-16-8-11-18(12-9-16)20-14-4-5-15-20/h2-3,6-13H,4-5,14-15H2,1H3/q+1. The lowest BCUT2D eigenvalue weighted by Crippen LogP contribution is -2.30. The first kappa shape index (κ1) is 12.9. The summed E-state index contributed by atoms with van der Waals surface area (Å²) in [5.41, 5.74) is 3.80. The molecule has 102 valence electrons. The number of anilines is 1. The van der Waals surface area contributed by atoms with Crippen molar-refractivity contribution in [1.29, 1.82) is 0 Å². The lowest BCUT2D eigenvalue weighted by molar-refractivity contribution is -0.673. The van der Waals surface area contributed by atoms with Gasteiger partial charge in [-0.15, -0.1) is 0 Å². The summed E-state index contributed by atoms with van der Waals surface area (Å²) < 4.78 is 2.12. The van der Waals surface area contributed by atoms with Gasteiger partial charge in [-0.2, -0.15) is 0 Å². The van der Waals surface area contributed by atoms with Crippen LogP contribution in [0, 0.1) is 0 Å². The van der Waals surface area contributed by atoms with Crippen LogP contribution in [0.25, 0.3) is 12.2 Å². The Morgan fingerprint density at radius 3 is 2.40 bits per heavy atom. The first-order valence-corrected chi connectivity index (χ1v) is 7.31. The summed E-state index contributed by atoms with van der Waals surface area (Å²) in [4.78, 5) is 2.46. The van der Waals surface area contributed by atoms with Gasteiger partial charge in [-0.1, -0.05) is 12.1 Å². The third-order valence-corrected chi connectivity index (χ3v) is 3.91. The highest BCUT2D eigenvalue weighted by atomic mass is 15.1. The van der Waals surface area contributed by atoms with Crippen molar-refractivity contribution in [1.82, 2.24) is 0 Å². The van der Waals surface area contributed by atoms with E-state index in [0.717, 1.165) is 0 Å². The maximum atomic E-state index is 2.46. The number of hydrogen-bond donors (Lipinski definition) is 0. The Labute approximate surface area is 121 Å². The zero-order valence-electron chi connectivity index (χ0n) is 12.0. The molecule has 1 aromatic heterocycles. The van der Waals surface area contributed by atoms with Crippen LogP contribution in [-0.4, -0.2) is 13.1 Å². The molecule has 0 atom stereocenters. The van der Waals surface area contributed by atoms with Crippen LogP contribution < -0.4 is 9.47 Å². The number of benzene rings is 1. The Bertz CT molecular complexity index is 593. The van der Waals surface area contributed by atoms with Gasteiger partial charge in [0, 0.05) is 37.0 Å². The minimum absolute atomic E-state index is 1.20.